The Bertz CT molecular complexity index is 2050. The van der Waals surface area contributed by atoms with E-state index in [-0.39, 0.29) is 46.5 Å². The average Bonchev–Trinajstić information content (AvgIpc) is 3.73. The maximum atomic E-state index is 5.02. The summed E-state index contributed by atoms with van der Waals surface area (Å²) in [5.41, 5.74) is 6.45. The van der Waals surface area contributed by atoms with E-state index in [9.17, 15) is 0 Å². The van der Waals surface area contributed by atoms with Gasteiger partial charge in [-0.3, -0.25) is 0 Å². The summed E-state index contributed by atoms with van der Waals surface area (Å²) in [7, 11) is 0. The van der Waals surface area contributed by atoms with Gasteiger partial charge in [-0.2, -0.15) is 0 Å². The Kier molecular flexibility index (Phi) is 7.32. The Morgan fingerprint density at radius 3 is 0.814 bits per heavy atom. The minimum absolute atomic E-state index is 0. The van der Waals surface area contributed by atoms with Gasteiger partial charge in [-0.25, -0.2) is 29.9 Å². The molecule has 0 amide bonds. The van der Waals surface area contributed by atoms with Crippen LogP contribution in [-0.2, 0) is 21.7 Å². The van der Waals surface area contributed by atoms with E-state index >= 15 is 0 Å². The first-order valence-corrected chi connectivity index (χ1v) is 13.0. The summed E-state index contributed by atoms with van der Waals surface area (Å²) in [6.07, 6.45) is 0. The second-order valence-electron chi connectivity index (χ2n) is 9.79. The Morgan fingerprint density at radius 2 is 0.558 bits per heavy atom. The molecule has 206 valence electrons. The van der Waals surface area contributed by atoms with Crippen LogP contribution < -0.4 is 0 Å². The van der Waals surface area contributed by atoms with Crippen molar-refractivity contribution in [3.05, 3.63) is 97.1 Å². The van der Waals surface area contributed by atoms with Crippen LogP contribution >= 0.6 is 24.8 Å². The second kappa shape index (κ2) is 11.0. The summed E-state index contributed by atoms with van der Waals surface area (Å²) in [6, 6.07) is 32.2. The van der Waals surface area contributed by atoms with Crippen molar-refractivity contribution in [1.29, 1.82) is 0 Å². The maximum absolute atomic E-state index is 5.02. The third kappa shape index (κ3) is 4.42. The molecule has 2 N–H and O–H groups in total. The van der Waals surface area contributed by atoms with Crippen LogP contribution in [0.2, 0.25) is 0 Å². The summed E-state index contributed by atoms with van der Waals surface area (Å²) in [5.74, 6) is 2.39. The van der Waals surface area contributed by atoms with E-state index < -0.39 is 0 Å². The van der Waals surface area contributed by atoms with E-state index in [1.165, 1.54) is 0 Å². The van der Waals surface area contributed by atoms with Crippen LogP contribution in [0.1, 0.15) is 0 Å². The van der Waals surface area contributed by atoms with Crippen LogP contribution in [0.15, 0.2) is 97.1 Å². The normalized spacial score (nSPS) is 11.2. The zero-order valence-corrected chi connectivity index (χ0v) is 25.4. The fourth-order valence-corrected chi connectivity index (χ4v) is 5.59. The predicted octanol–water partition coefficient (Wildman–Crippen LogP) is 7.71. The minimum atomic E-state index is 0. The number of rotatable bonds is 0. The van der Waals surface area contributed by atoms with Crippen molar-refractivity contribution in [3.8, 4) is 45.6 Å². The minimum Gasteiger partial charge on any atom is -0.324 e. The maximum Gasteiger partial charge on any atom is 0.164 e. The van der Waals surface area contributed by atoms with Gasteiger partial charge in [-0.1, -0.05) is 97.1 Å². The van der Waals surface area contributed by atoms with Crippen LogP contribution in [0.5, 0.6) is 0 Å². The summed E-state index contributed by atoms with van der Waals surface area (Å²) >= 11 is 0. The number of H-pyrrole nitrogens is 2. The van der Waals surface area contributed by atoms with Crippen molar-refractivity contribution in [2.45, 2.75) is 0 Å². The molecule has 11 heteroatoms. The van der Waals surface area contributed by atoms with Gasteiger partial charge >= 0.3 is 0 Å². The van der Waals surface area contributed by atoms with Gasteiger partial charge in [0.15, 0.2) is 23.3 Å². The molecule has 9 rings (SSSR count). The van der Waals surface area contributed by atoms with Crippen LogP contribution in [0, 0.1) is 0 Å². The Morgan fingerprint density at radius 1 is 0.326 bits per heavy atom. The first kappa shape index (κ1) is 28.6. The number of hydrogen-bond acceptors (Lipinski definition) is 6. The molecular formula is C32H20Cl2N8Ti. The topological polar surface area (TPSA) is 109 Å². The van der Waals surface area contributed by atoms with Crippen molar-refractivity contribution in [3.63, 3.8) is 0 Å². The number of hydrogen-bond donors (Lipinski definition) is 2. The van der Waals surface area contributed by atoms with E-state index in [1.807, 2.05) is 97.1 Å². The SMILES string of the molecule is Cl.Cl.[Ti].c1ccc2c(c1)-c1nc-2nc2[nH]c(nc3nc(nc4[nH]c(n1)c1ccccc41)-c1ccccc1-3)c1ccccc21. The van der Waals surface area contributed by atoms with Gasteiger partial charge in [0.2, 0.25) is 0 Å². The molecule has 0 fully saturated rings. The van der Waals surface area contributed by atoms with Crippen molar-refractivity contribution in [1.82, 2.24) is 39.9 Å². The summed E-state index contributed by atoms with van der Waals surface area (Å²) in [4.78, 5) is 36.8. The van der Waals surface area contributed by atoms with Gasteiger partial charge in [0.1, 0.15) is 22.6 Å². The fourth-order valence-electron chi connectivity index (χ4n) is 5.59. The van der Waals surface area contributed by atoms with E-state index in [2.05, 4.69) is 9.97 Å². The van der Waals surface area contributed by atoms with Crippen LogP contribution in [0.25, 0.3) is 89.7 Å². The number of fused-ring (bicyclic) bond motifs is 20. The quantitative estimate of drug-likeness (QED) is 0.165. The molecule has 0 saturated heterocycles. The van der Waals surface area contributed by atoms with Crippen molar-refractivity contribution in [2.75, 3.05) is 0 Å². The molecule has 8 bridgehead atoms. The van der Waals surface area contributed by atoms with E-state index in [1.54, 1.807) is 0 Å². The average molecular weight is 635 g/mol. The van der Waals surface area contributed by atoms with Crippen LogP contribution in [0.4, 0.5) is 0 Å². The molecule has 0 spiro atoms. The molecule has 0 radical (unpaired) electrons. The fraction of sp³-hybridized carbons (Fsp3) is 0. The van der Waals surface area contributed by atoms with Gasteiger partial charge in [0.05, 0.1) is 0 Å². The molecule has 0 atom stereocenters. The standard InChI is InChI=1S/C32H18N8.2ClH.Ti/c1-2-10-18-17(9-1)25-33-26(18)38-28-21-13-5-6-14-22(21)30(35-28)40-32-24-16-8-7-15-23(24)31(36-32)39-29-20-12-4-3-11-19(20)27(34-29)37-25;;;/h1-16H,(H2,33,34,35,36,37,38,39,40);2*1H;. The van der Waals surface area contributed by atoms with Gasteiger partial charge in [0, 0.05) is 65.5 Å². The molecule has 7 aromatic rings. The Labute approximate surface area is 271 Å². The number of aromatic amines is 2. The third-order valence-corrected chi connectivity index (χ3v) is 7.46. The van der Waals surface area contributed by atoms with Gasteiger partial charge in [-0.15, -0.1) is 24.8 Å². The number of halogens is 2. The molecule has 2 aliphatic heterocycles. The van der Waals surface area contributed by atoms with Crippen molar-refractivity contribution < 1.29 is 21.7 Å². The van der Waals surface area contributed by atoms with Crippen molar-refractivity contribution >= 4 is 68.9 Å². The monoisotopic (exact) mass is 634 g/mol. The predicted molar refractivity (Wildman–Crippen MR) is 171 cm³/mol. The molecule has 3 aromatic heterocycles. The largest absolute Gasteiger partial charge is 0.324 e. The zero-order chi connectivity index (χ0) is 26.2. The molecule has 8 nitrogen and oxygen atoms in total. The number of nitrogens with zero attached hydrogens (tertiary/aromatic N) is 6. The third-order valence-electron chi connectivity index (χ3n) is 7.46. The van der Waals surface area contributed by atoms with Gasteiger partial charge < -0.3 is 9.97 Å². The molecular weight excluding hydrogens is 615 g/mol. The van der Waals surface area contributed by atoms with Crippen LogP contribution in [-0.4, -0.2) is 39.9 Å². The second-order valence-corrected chi connectivity index (χ2v) is 9.79. The molecule has 0 saturated carbocycles. The summed E-state index contributed by atoms with van der Waals surface area (Å²) < 4.78 is 0. The molecule has 4 aromatic carbocycles. The molecule has 43 heavy (non-hydrogen) atoms. The van der Waals surface area contributed by atoms with Crippen molar-refractivity contribution in [2.24, 2.45) is 0 Å². The Hall–Kier alpha value is -4.47. The molecule has 5 heterocycles. The number of nitrogens with one attached hydrogen (secondary N) is 2. The van der Waals surface area contributed by atoms with Gasteiger partial charge in [0.25, 0.3) is 0 Å². The van der Waals surface area contributed by atoms with E-state index in [4.69, 9.17) is 29.9 Å². The summed E-state index contributed by atoms with van der Waals surface area (Å²) in [6.45, 7) is 0. The number of benzene rings is 4. The molecule has 2 aliphatic rings. The number of aromatic nitrogens is 8. The van der Waals surface area contributed by atoms with Crippen LogP contribution in [0.3, 0.4) is 0 Å². The van der Waals surface area contributed by atoms with Gasteiger partial charge in [-0.05, 0) is 0 Å². The molecule has 0 unspecified atom stereocenters. The molecule has 0 aliphatic carbocycles. The zero-order valence-electron chi connectivity index (χ0n) is 22.2. The first-order chi connectivity index (χ1) is 19.8. The smallest absolute Gasteiger partial charge is 0.164 e. The van der Waals surface area contributed by atoms with E-state index in [0.29, 0.717) is 45.9 Å². The summed E-state index contributed by atoms with van der Waals surface area (Å²) in [5, 5.41) is 3.82. The first-order valence-electron chi connectivity index (χ1n) is 13.0. The van der Waals surface area contributed by atoms with E-state index in [0.717, 1.165) is 43.8 Å². The Balaban J connectivity index is 0.00000110.